The molecule has 0 bridgehead atoms. The minimum absolute atomic E-state index is 0.470. The zero-order chi connectivity index (χ0) is 8.43. The molecule has 0 nitrogen and oxygen atoms in total. The first kappa shape index (κ1) is 8.90. The number of rotatable bonds is 1. The molecule has 0 amide bonds. The lowest BCUT2D eigenvalue weighted by Crippen LogP contribution is -1.92. The van der Waals surface area contributed by atoms with E-state index in [-0.39, 0.29) is 0 Å². The second kappa shape index (κ2) is 3.47. The smallest absolute Gasteiger partial charge is 0.139 e. The van der Waals surface area contributed by atoms with E-state index < -0.39 is 11.6 Å². The van der Waals surface area contributed by atoms with E-state index >= 15 is 0 Å². The Hall–Kier alpha value is -0.190. The van der Waals surface area contributed by atoms with Gasteiger partial charge in [0.1, 0.15) is 11.6 Å². The van der Waals surface area contributed by atoms with Crippen molar-refractivity contribution < 1.29 is 8.78 Å². The molecular formula is C8H7F2I. The summed E-state index contributed by atoms with van der Waals surface area (Å²) in [5, 5.41) is 0. The van der Waals surface area contributed by atoms with Crippen molar-refractivity contribution >= 4 is 22.6 Å². The maximum atomic E-state index is 12.8. The summed E-state index contributed by atoms with van der Waals surface area (Å²) in [6.07, 6.45) is 0.660. The number of aryl methyl sites for hydroxylation is 1. The molecule has 0 atom stereocenters. The molecule has 11 heavy (non-hydrogen) atoms. The Kier molecular flexibility index (Phi) is 2.81. The fourth-order valence-electron chi connectivity index (χ4n) is 0.867. The van der Waals surface area contributed by atoms with Crippen molar-refractivity contribution in [1.82, 2.24) is 0 Å². The van der Waals surface area contributed by atoms with Crippen molar-refractivity contribution in [1.29, 1.82) is 0 Å². The molecule has 0 aromatic heterocycles. The first-order chi connectivity index (χ1) is 5.15. The Morgan fingerprint density at radius 3 is 2.55 bits per heavy atom. The molecule has 0 aliphatic heterocycles. The monoisotopic (exact) mass is 268 g/mol. The van der Waals surface area contributed by atoms with Gasteiger partial charge in [-0.1, -0.05) is 6.92 Å². The van der Waals surface area contributed by atoms with E-state index in [1.165, 1.54) is 6.07 Å². The van der Waals surface area contributed by atoms with Crippen LogP contribution in [0.2, 0.25) is 0 Å². The van der Waals surface area contributed by atoms with Crippen molar-refractivity contribution in [3.05, 3.63) is 32.9 Å². The van der Waals surface area contributed by atoms with E-state index in [1.54, 1.807) is 0 Å². The van der Waals surface area contributed by atoms with E-state index in [1.807, 2.05) is 29.5 Å². The van der Waals surface area contributed by atoms with Crippen LogP contribution in [0.5, 0.6) is 0 Å². The lowest BCUT2D eigenvalue weighted by molar-refractivity contribution is 0.574. The molecule has 3 heteroatoms. The van der Waals surface area contributed by atoms with Crippen LogP contribution in [0.15, 0.2) is 12.1 Å². The van der Waals surface area contributed by atoms with Crippen LogP contribution in [0, 0.1) is 15.2 Å². The molecule has 0 spiro atoms. The third-order valence-corrected chi connectivity index (χ3v) is 2.66. The van der Waals surface area contributed by atoms with E-state index in [0.29, 0.717) is 9.99 Å². The van der Waals surface area contributed by atoms with Crippen LogP contribution < -0.4 is 0 Å². The second-order valence-corrected chi connectivity index (χ2v) is 3.29. The predicted molar refractivity (Wildman–Crippen MR) is 48.5 cm³/mol. The molecule has 1 rings (SSSR count). The molecule has 0 aliphatic rings. The zero-order valence-electron chi connectivity index (χ0n) is 6.00. The third kappa shape index (κ3) is 1.89. The number of hydrogen-bond acceptors (Lipinski definition) is 0. The van der Waals surface area contributed by atoms with Crippen LogP contribution in [-0.2, 0) is 6.42 Å². The number of halogens is 3. The first-order valence-corrected chi connectivity index (χ1v) is 4.36. The Morgan fingerprint density at radius 1 is 1.36 bits per heavy atom. The quantitative estimate of drug-likeness (QED) is 0.542. The van der Waals surface area contributed by atoms with Crippen molar-refractivity contribution in [2.75, 3.05) is 0 Å². The molecule has 0 unspecified atom stereocenters. The second-order valence-electron chi connectivity index (χ2n) is 2.21. The van der Waals surface area contributed by atoms with Crippen LogP contribution in [0.1, 0.15) is 12.5 Å². The molecular weight excluding hydrogens is 261 g/mol. The van der Waals surface area contributed by atoms with E-state index in [0.717, 1.165) is 11.6 Å². The summed E-state index contributed by atoms with van der Waals surface area (Å²) in [5.41, 5.74) is 0.725. The van der Waals surface area contributed by atoms with Gasteiger partial charge in [-0.05, 0) is 40.6 Å². The average Bonchev–Trinajstić information content (AvgIpc) is 1.96. The number of benzene rings is 1. The lowest BCUT2D eigenvalue weighted by atomic mass is 10.2. The van der Waals surface area contributed by atoms with Gasteiger partial charge in [0, 0.05) is 6.07 Å². The highest BCUT2D eigenvalue weighted by Gasteiger charge is 2.05. The summed E-state index contributed by atoms with van der Waals surface area (Å²) < 4.78 is 25.9. The molecule has 0 heterocycles. The predicted octanol–water partition coefficient (Wildman–Crippen LogP) is 3.13. The van der Waals surface area contributed by atoms with Gasteiger partial charge in [0.05, 0.1) is 3.57 Å². The van der Waals surface area contributed by atoms with Gasteiger partial charge < -0.3 is 0 Å². The van der Waals surface area contributed by atoms with Crippen LogP contribution in [-0.4, -0.2) is 0 Å². The Bertz CT molecular complexity index is 271. The molecule has 1 aromatic rings. The largest absolute Gasteiger partial charge is 0.207 e. The summed E-state index contributed by atoms with van der Waals surface area (Å²) in [7, 11) is 0. The summed E-state index contributed by atoms with van der Waals surface area (Å²) in [6, 6.07) is 2.27. The van der Waals surface area contributed by atoms with Gasteiger partial charge in [0.15, 0.2) is 0 Å². The maximum absolute atomic E-state index is 12.8. The van der Waals surface area contributed by atoms with Gasteiger partial charge in [-0.15, -0.1) is 0 Å². The van der Waals surface area contributed by atoms with E-state index in [4.69, 9.17) is 0 Å². The molecule has 0 saturated carbocycles. The SMILES string of the molecule is CCc1cc(F)cc(F)c1I. The normalized spacial score (nSPS) is 10.2. The molecule has 60 valence electrons. The fourth-order valence-corrected chi connectivity index (χ4v) is 1.56. The van der Waals surface area contributed by atoms with Crippen LogP contribution in [0.25, 0.3) is 0 Å². The van der Waals surface area contributed by atoms with Gasteiger partial charge in [-0.25, -0.2) is 8.78 Å². The summed E-state index contributed by atoms with van der Waals surface area (Å²) in [4.78, 5) is 0. The van der Waals surface area contributed by atoms with Gasteiger partial charge in [0.2, 0.25) is 0 Å². The Labute approximate surface area is 77.8 Å². The minimum Gasteiger partial charge on any atom is -0.207 e. The van der Waals surface area contributed by atoms with Gasteiger partial charge >= 0.3 is 0 Å². The maximum Gasteiger partial charge on any atom is 0.139 e. The third-order valence-electron chi connectivity index (χ3n) is 1.45. The van der Waals surface area contributed by atoms with Crippen molar-refractivity contribution in [2.45, 2.75) is 13.3 Å². The summed E-state index contributed by atoms with van der Waals surface area (Å²) in [6.45, 7) is 1.87. The van der Waals surface area contributed by atoms with E-state index in [9.17, 15) is 8.78 Å². The molecule has 0 saturated heterocycles. The molecule has 0 aliphatic carbocycles. The average molecular weight is 268 g/mol. The molecule has 0 N–H and O–H groups in total. The Morgan fingerprint density at radius 2 is 2.00 bits per heavy atom. The standard InChI is InChI=1S/C8H7F2I/c1-2-5-3-6(9)4-7(10)8(5)11/h3-4H,2H2,1H3. The van der Waals surface area contributed by atoms with Crippen LogP contribution in [0.4, 0.5) is 8.78 Å². The molecule has 1 aromatic carbocycles. The summed E-state index contributed by atoms with van der Waals surface area (Å²) >= 11 is 1.88. The highest BCUT2D eigenvalue weighted by Crippen LogP contribution is 2.18. The van der Waals surface area contributed by atoms with Gasteiger partial charge in [-0.3, -0.25) is 0 Å². The Balaban J connectivity index is 3.24. The van der Waals surface area contributed by atoms with Crippen LogP contribution >= 0.6 is 22.6 Å². The first-order valence-electron chi connectivity index (χ1n) is 3.28. The molecule has 0 fully saturated rings. The van der Waals surface area contributed by atoms with Crippen molar-refractivity contribution in [3.8, 4) is 0 Å². The fraction of sp³-hybridized carbons (Fsp3) is 0.250. The van der Waals surface area contributed by atoms with Crippen molar-refractivity contribution in [2.24, 2.45) is 0 Å². The topological polar surface area (TPSA) is 0 Å². The number of hydrogen-bond donors (Lipinski definition) is 0. The highest BCUT2D eigenvalue weighted by atomic mass is 127. The molecule has 0 radical (unpaired) electrons. The van der Waals surface area contributed by atoms with Gasteiger partial charge in [-0.2, -0.15) is 0 Å². The van der Waals surface area contributed by atoms with Crippen molar-refractivity contribution in [3.63, 3.8) is 0 Å². The summed E-state index contributed by atoms with van der Waals surface area (Å²) in [5.74, 6) is -0.970. The minimum atomic E-state index is -0.500. The van der Waals surface area contributed by atoms with Gasteiger partial charge in [0.25, 0.3) is 0 Å². The lowest BCUT2D eigenvalue weighted by Gasteiger charge is -2.01. The van der Waals surface area contributed by atoms with E-state index in [2.05, 4.69) is 0 Å². The zero-order valence-corrected chi connectivity index (χ0v) is 8.15. The highest BCUT2D eigenvalue weighted by molar-refractivity contribution is 14.1. The van der Waals surface area contributed by atoms with Crippen LogP contribution in [0.3, 0.4) is 0 Å².